The van der Waals surface area contributed by atoms with Crippen molar-refractivity contribution in [2.45, 2.75) is 26.4 Å². The standard InChI is InChI=1S/C21H23N3O2/c1-16-9-12-23(13-10-16)21(25)18-6-2-3-7-19(18)26-15-17-14-24-11-5-4-8-20(24)22-17/h2-8,11,14,16H,9-10,12-13,15H2,1H3. The average molecular weight is 349 g/mol. The van der Waals surface area contributed by atoms with Crippen LogP contribution in [0.2, 0.25) is 0 Å². The lowest BCUT2D eigenvalue weighted by atomic mass is 9.98. The van der Waals surface area contributed by atoms with E-state index in [-0.39, 0.29) is 5.91 Å². The molecule has 1 saturated heterocycles. The van der Waals surface area contributed by atoms with E-state index in [2.05, 4.69) is 11.9 Å². The molecule has 1 aromatic carbocycles. The number of benzene rings is 1. The van der Waals surface area contributed by atoms with E-state index in [1.54, 1.807) is 0 Å². The zero-order valence-electron chi connectivity index (χ0n) is 15.0. The number of aromatic nitrogens is 2. The van der Waals surface area contributed by atoms with E-state index in [0.29, 0.717) is 23.8 Å². The third-order valence-electron chi connectivity index (χ3n) is 4.98. The van der Waals surface area contributed by atoms with Crippen LogP contribution in [0.25, 0.3) is 5.65 Å². The number of para-hydroxylation sites is 1. The number of amides is 1. The summed E-state index contributed by atoms with van der Waals surface area (Å²) in [6, 6.07) is 13.4. The molecule has 1 fully saturated rings. The summed E-state index contributed by atoms with van der Waals surface area (Å²) >= 11 is 0. The Labute approximate surface area is 153 Å². The van der Waals surface area contributed by atoms with E-state index in [9.17, 15) is 4.79 Å². The van der Waals surface area contributed by atoms with Gasteiger partial charge in [0.1, 0.15) is 18.0 Å². The number of nitrogens with zero attached hydrogens (tertiary/aromatic N) is 3. The van der Waals surface area contributed by atoms with Gasteiger partial charge in [0.2, 0.25) is 0 Å². The topological polar surface area (TPSA) is 46.8 Å². The maximum absolute atomic E-state index is 12.9. The van der Waals surface area contributed by atoms with Gasteiger partial charge in [0.05, 0.1) is 11.3 Å². The van der Waals surface area contributed by atoms with Crippen molar-refractivity contribution in [3.8, 4) is 5.75 Å². The highest BCUT2D eigenvalue weighted by atomic mass is 16.5. The van der Waals surface area contributed by atoms with Gasteiger partial charge in [0.15, 0.2) is 0 Å². The van der Waals surface area contributed by atoms with Crippen molar-refractivity contribution in [2.24, 2.45) is 5.92 Å². The van der Waals surface area contributed by atoms with Gasteiger partial charge in [0, 0.05) is 25.5 Å². The molecule has 0 unspecified atom stereocenters. The Morgan fingerprint density at radius 1 is 1.15 bits per heavy atom. The van der Waals surface area contributed by atoms with Crippen LogP contribution in [0.3, 0.4) is 0 Å². The Kier molecular flexibility index (Phi) is 4.61. The van der Waals surface area contributed by atoms with Gasteiger partial charge in [-0.15, -0.1) is 0 Å². The fourth-order valence-corrected chi connectivity index (χ4v) is 3.36. The SMILES string of the molecule is CC1CCN(C(=O)c2ccccc2OCc2cn3ccccc3n2)CC1. The Hall–Kier alpha value is -2.82. The quantitative estimate of drug-likeness (QED) is 0.720. The number of carbonyl (C=O) groups excluding carboxylic acids is 1. The number of piperidine rings is 1. The Bertz CT molecular complexity index is 877. The molecule has 0 saturated carbocycles. The summed E-state index contributed by atoms with van der Waals surface area (Å²) in [7, 11) is 0. The Morgan fingerprint density at radius 3 is 2.73 bits per heavy atom. The maximum atomic E-state index is 12.9. The first-order valence-electron chi connectivity index (χ1n) is 9.14. The van der Waals surface area contributed by atoms with Crippen molar-refractivity contribution < 1.29 is 9.53 Å². The monoisotopic (exact) mass is 349 g/mol. The van der Waals surface area contributed by atoms with Crippen molar-refractivity contribution in [1.82, 2.24) is 14.3 Å². The lowest BCUT2D eigenvalue weighted by Gasteiger charge is -2.30. The number of carbonyl (C=O) groups is 1. The first kappa shape index (κ1) is 16.6. The van der Waals surface area contributed by atoms with Crippen molar-refractivity contribution >= 4 is 11.6 Å². The van der Waals surface area contributed by atoms with E-state index in [1.165, 1.54) is 0 Å². The fraction of sp³-hybridized carbons (Fsp3) is 0.333. The molecule has 0 N–H and O–H groups in total. The number of rotatable bonds is 4. The molecule has 1 aliphatic rings. The van der Waals surface area contributed by atoms with Crippen LogP contribution in [0.1, 0.15) is 35.8 Å². The van der Waals surface area contributed by atoms with Crippen LogP contribution in [-0.2, 0) is 6.61 Å². The summed E-state index contributed by atoms with van der Waals surface area (Å²) in [5.74, 6) is 1.37. The lowest BCUT2D eigenvalue weighted by molar-refractivity contribution is 0.0692. The molecule has 0 bridgehead atoms. The normalized spacial score (nSPS) is 15.3. The highest BCUT2D eigenvalue weighted by Crippen LogP contribution is 2.24. The second-order valence-electron chi connectivity index (χ2n) is 6.96. The molecule has 0 radical (unpaired) electrons. The van der Waals surface area contributed by atoms with Gasteiger partial charge in [-0.3, -0.25) is 4.79 Å². The number of imidazole rings is 1. The predicted molar refractivity (Wildman–Crippen MR) is 100 cm³/mol. The fourth-order valence-electron chi connectivity index (χ4n) is 3.36. The van der Waals surface area contributed by atoms with Crippen molar-refractivity contribution in [2.75, 3.05) is 13.1 Å². The summed E-state index contributed by atoms with van der Waals surface area (Å²) in [5.41, 5.74) is 2.36. The van der Waals surface area contributed by atoms with Crippen LogP contribution >= 0.6 is 0 Å². The molecule has 3 aromatic rings. The van der Waals surface area contributed by atoms with E-state index in [4.69, 9.17) is 4.74 Å². The number of likely N-dealkylation sites (tertiary alicyclic amines) is 1. The summed E-state index contributed by atoms with van der Waals surface area (Å²) in [6.45, 7) is 4.22. The molecule has 0 spiro atoms. The summed E-state index contributed by atoms with van der Waals surface area (Å²) in [5, 5.41) is 0. The first-order chi connectivity index (χ1) is 12.7. The van der Waals surface area contributed by atoms with Crippen molar-refractivity contribution in [3.63, 3.8) is 0 Å². The molecular weight excluding hydrogens is 326 g/mol. The lowest BCUT2D eigenvalue weighted by Crippen LogP contribution is -2.38. The third kappa shape index (κ3) is 3.43. The second kappa shape index (κ2) is 7.20. The van der Waals surface area contributed by atoms with E-state index < -0.39 is 0 Å². The highest BCUT2D eigenvalue weighted by Gasteiger charge is 2.23. The van der Waals surface area contributed by atoms with Crippen LogP contribution in [-0.4, -0.2) is 33.3 Å². The molecule has 5 nitrogen and oxygen atoms in total. The number of fused-ring (bicyclic) bond motifs is 1. The van der Waals surface area contributed by atoms with E-state index in [1.807, 2.05) is 64.2 Å². The molecule has 4 rings (SSSR count). The van der Waals surface area contributed by atoms with Crippen LogP contribution in [0.4, 0.5) is 0 Å². The molecule has 5 heteroatoms. The minimum absolute atomic E-state index is 0.0579. The van der Waals surface area contributed by atoms with E-state index >= 15 is 0 Å². The molecule has 2 aromatic heterocycles. The molecule has 26 heavy (non-hydrogen) atoms. The van der Waals surface area contributed by atoms with Gasteiger partial charge in [-0.1, -0.05) is 25.1 Å². The first-order valence-corrected chi connectivity index (χ1v) is 9.14. The number of ether oxygens (including phenoxy) is 1. The molecule has 134 valence electrons. The number of hydrogen-bond donors (Lipinski definition) is 0. The highest BCUT2D eigenvalue weighted by molar-refractivity contribution is 5.97. The zero-order chi connectivity index (χ0) is 17.9. The Morgan fingerprint density at radius 2 is 1.92 bits per heavy atom. The molecule has 1 amide bonds. The maximum Gasteiger partial charge on any atom is 0.257 e. The van der Waals surface area contributed by atoms with E-state index in [0.717, 1.165) is 37.3 Å². The van der Waals surface area contributed by atoms with Gasteiger partial charge >= 0.3 is 0 Å². The average Bonchev–Trinajstić information content (AvgIpc) is 3.10. The minimum atomic E-state index is 0.0579. The van der Waals surface area contributed by atoms with Gasteiger partial charge < -0.3 is 14.0 Å². The third-order valence-corrected chi connectivity index (χ3v) is 4.98. The predicted octanol–water partition coefficient (Wildman–Crippen LogP) is 3.79. The van der Waals surface area contributed by atoms with Crippen LogP contribution in [0.5, 0.6) is 5.75 Å². The molecule has 0 atom stereocenters. The Balaban J connectivity index is 1.49. The summed E-state index contributed by atoms with van der Waals surface area (Å²) in [6.07, 6.45) is 6.04. The van der Waals surface area contributed by atoms with Crippen LogP contribution in [0.15, 0.2) is 54.9 Å². The van der Waals surface area contributed by atoms with Crippen LogP contribution < -0.4 is 4.74 Å². The minimum Gasteiger partial charge on any atom is -0.486 e. The summed E-state index contributed by atoms with van der Waals surface area (Å²) < 4.78 is 7.93. The number of pyridine rings is 1. The van der Waals surface area contributed by atoms with Gasteiger partial charge in [-0.25, -0.2) is 4.98 Å². The molecule has 0 aliphatic carbocycles. The summed E-state index contributed by atoms with van der Waals surface area (Å²) in [4.78, 5) is 19.4. The van der Waals surface area contributed by atoms with Crippen molar-refractivity contribution in [1.29, 1.82) is 0 Å². The largest absolute Gasteiger partial charge is 0.486 e. The van der Waals surface area contributed by atoms with Gasteiger partial charge in [-0.2, -0.15) is 0 Å². The smallest absolute Gasteiger partial charge is 0.257 e. The van der Waals surface area contributed by atoms with Gasteiger partial charge in [0.25, 0.3) is 5.91 Å². The zero-order valence-corrected chi connectivity index (χ0v) is 15.0. The molecule has 3 heterocycles. The number of hydrogen-bond acceptors (Lipinski definition) is 3. The second-order valence-corrected chi connectivity index (χ2v) is 6.96. The molecule has 1 aliphatic heterocycles. The van der Waals surface area contributed by atoms with Crippen molar-refractivity contribution in [3.05, 3.63) is 66.1 Å². The van der Waals surface area contributed by atoms with Gasteiger partial charge in [-0.05, 0) is 43.0 Å². The molecular formula is C21H23N3O2. The van der Waals surface area contributed by atoms with Crippen LogP contribution in [0, 0.1) is 5.92 Å².